The Kier molecular flexibility index (Phi) is 7.28. The van der Waals surface area contributed by atoms with Crippen molar-refractivity contribution in [1.29, 1.82) is 0 Å². The van der Waals surface area contributed by atoms with E-state index in [1.54, 1.807) is 7.11 Å². The normalized spacial score (nSPS) is 23.5. The maximum Gasteiger partial charge on any atom is 0.310 e. The van der Waals surface area contributed by atoms with Gasteiger partial charge in [0.15, 0.2) is 0 Å². The highest BCUT2D eigenvalue weighted by atomic mass is 35.5. The van der Waals surface area contributed by atoms with Gasteiger partial charge in [0.1, 0.15) is 5.75 Å². The predicted molar refractivity (Wildman–Crippen MR) is 141 cm³/mol. The molecule has 5 rings (SSSR count). The molecule has 3 unspecified atom stereocenters. The third kappa shape index (κ3) is 4.73. The molecule has 192 valence electrons. The number of fused-ring (bicyclic) bond motifs is 3. The number of para-hydroxylation sites is 1. The fourth-order valence-corrected chi connectivity index (χ4v) is 6.20. The quantitative estimate of drug-likeness (QED) is 0.565. The highest BCUT2D eigenvalue weighted by Crippen LogP contribution is 2.40. The zero-order valence-electron chi connectivity index (χ0n) is 21.0. The molecule has 0 aromatic heterocycles. The number of halogens is 1. The molecule has 2 aromatic rings. The van der Waals surface area contributed by atoms with Crippen LogP contribution >= 0.6 is 11.6 Å². The average Bonchev–Trinajstić information content (AvgIpc) is 2.92. The summed E-state index contributed by atoms with van der Waals surface area (Å²) in [6, 6.07) is 14.1. The summed E-state index contributed by atoms with van der Waals surface area (Å²) in [4.78, 5) is 33.1. The Morgan fingerprint density at radius 1 is 1.06 bits per heavy atom. The number of hydrogen-bond acceptors (Lipinski definition) is 6. The summed E-state index contributed by atoms with van der Waals surface area (Å²) in [5, 5.41) is 0.660. The number of piperidine rings is 1. The van der Waals surface area contributed by atoms with Gasteiger partial charge in [0.25, 0.3) is 0 Å². The molecule has 3 atom stereocenters. The summed E-state index contributed by atoms with van der Waals surface area (Å²) in [5.74, 6) is 0.276. The van der Waals surface area contributed by atoms with E-state index in [2.05, 4.69) is 28.0 Å². The standard InChI is InChI=1S/C28H34ClN3O4/c1-3-36-28(34)20-8-6-12-31(17-20)27(33)22-15-19-7-4-5-9-23(19)32-14-13-30(18-25(22)32)24-16-21(29)10-11-26(24)35-2/h4-5,7,9-11,16,20,22,25H,3,6,8,12-15,17-18H2,1-2H3. The predicted octanol–water partition coefficient (Wildman–Crippen LogP) is 4.02. The van der Waals surface area contributed by atoms with Crippen LogP contribution in [-0.4, -0.2) is 69.3 Å². The van der Waals surface area contributed by atoms with Crippen LogP contribution in [0.3, 0.4) is 0 Å². The van der Waals surface area contributed by atoms with Crippen molar-refractivity contribution in [3.63, 3.8) is 0 Å². The van der Waals surface area contributed by atoms with Gasteiger partial charge in [-0.1, -0.05) is 29.8 Å². The number of methoxy groups -OCH3 is 1. The van der Waals surface area contributed by atoms with Crippen LogP contribution in [0.15, 0.2) is 42.5 Å². The Bertz CT molecular complexity index is 1130. The van der Waals surface area contributed by atoms with Gasteiger partial charge < -0.3 is 24.2 Å². The molecule has 36 heavy (non-hydrogen) atoms. The summed E-state index contributed by atoms with van der Waals surface area (Å²) in [5.41, 5.74) is 3.38. The summed E-state index contributed by atoms with van der Waals surface area (Å²) in [7, 11) is 1.67. The van der Waals surface area contributed by atoms with Gasteiger partial charge in [0.2, 0.25) is 5.91 Å². The number of carbonyl (C=O) groups excluding carboxylic acids is 2. The largest absolute Gasteiger partial charge is 0.495 e. The van der Waals surface area contributed by atoms with E-state index in [4.69, 9.17) is 21.1 Å². The number of likely N-dealkylation sites (tertiary alicyclic amines) is 1. The summed E-state index contributed by atoms with van der Waals surface area (Å²) >= 11 is 6.35. The number of carbonyl (C=O) groups is 2. The van der Waals surface area contributed by atoms with Crippen molar-refractivity contribution >= 4 is 34.9 Å². The number of ether oxygens (including phenoxy) is 2. The molecule has 2 aromatic carbocycles. The van der Waals surface area contributed by atoms with Crippen molar-refractivity contribution in [2.45, 2.75) is 32.2 Å². The van der Waals surface area contributed by atoms with E-state index >= 15 is 0 Å². The van der Waals surface area contributed by atoms with Gasteiger partial charge in [-0.25, -0.2) is 0 Å². The van der Waals surface area contributed by atoms with Crippen LogP contribution in [0.2, 0.25) is 5.02 Å². The molecule has 3 aliphatic heterocycles. The van der Waals surface area contributed by atoms with Gasteiger partial charge in [-0.3, -0.25) is 9.59 Å². The molecule has 0 N–H and O–H groups in total. The van der Waals surface area contributed by atoms with Crippen LogP contribution in [0.25, 0.3) is 0 Å². The summed E-state index contributed by atoms with van der Waals surface area (Å²) < 4.78 is 10.9. The van der Waals surface area contributed by atoms with Crippen molar-refractivity contribution in [1.82, 2.24) is 4.90 Å². The maximum atomic E-state index is 14.0. The second kappa shape index (κ2) is 10.6. The smallest absolute Gasteiger partial charge is 0.310 e. The third-order valence-electron chi connectivity index (χ3n) is 7.78. The van der Waals surface area contributed by atoms with E-state index in [1.165, 1.54) is 11.3 Å². The lowest BCUT2D eigenvalue weighted by molar-refractivity contribution is -0.152. The van der Waals surface area contributed by atoms with Crippen LogP contribution in [0.5, 0.6) is 5.75 Å². The Labute approximate surface area is 217 Å². The van der Waals surface area contributed by atoms with Crippen LogP contribution in [0, 0.1) is 11.8 Å². The van der Waals surface area contributed by atoms with E-state index in [-0.39, 0.29) is 29.8 Å². The van der Waals surface area contributed by atoms with Crippen LogP contribution in [0.4, 0.5) is 11.4 Å². The molecule has 2 saturated heterocycles. The summed E-state index contributed by atoms with van der Waals surface area (Å²) in [6.07, 6.45) is 2.28. The fourth-order valence-electron chi connectivity index (χ4n) is 6.04. The lowest BCUT2D eigenvalue weighted by Gasteiger charge is -2.50. The second-order valence-corrected chi connectivity index (χ2v) is 10.3. The van der Waals surface area contributed by atoms with Crippen molar-refractivity contribution in [2.75, 3.05) is 56.2 Å². The van der Waals surface area contributed by atoms with E-state index in [0.717, 1.165) is 37.4 Å². The molecule has 7 nitrogen and oxygen atoms in total. The molecular formula is C28H34ClN3O4. The molecule has 2 fully saturated rings. The number of hydrogen-bond donors (Lipinski definition) is 0. The minimum Gasteiger partial charge on any atom is -0.495 e. The molecule has 0 aliphatic carbocycles. The number of esters is 1. The van der Waals surface area contributed by atoms with E-state index in [0.29, 0.717) is 37.7 Å². The lowest BCUT2D eigenvalue weighted by atomic mass is 9.82. The molecule has 3 aliphatic rings. The molecule has 0 spiro atoms. The first-order chi connectivity index (χ1) is 17.5. The minimum atomic E-state index is -0.242. The maximum absolute atomic E-state index is 14.0. The number of rotatable bonds is 5. The number of benzene rings is 2. The highest BCUT2D eigenvalue weighted by Gasteiger charge is 2.44. The lowest BCUT2D eigenvalue weighted by Crippen LogP contribution is -2.62. The number of nitrogens with zero attached hydrogens (tertiary/aromatic N) is 3. The molecule has 3 heterocycles. The third-order valence-corrected chi connectivity index (χ3v) is 8.01. The molecule has 0 saturated carbocycles. The first kappa shape index (κ1) is 24.8. The second-order valence-electron chi connectivity index (χ2n) is 9.84. The van der Waals surface area contributed by atoms with Crippen LogP contribution in [-0.2, 0) is 20.7 Å². The van der Waals surface area contributed by atoms with E-state index in [9.17, 15) is 9.59 Å². The monoisotopic (exact) mass is 511 g/mol. The van der Waals surface area contributed by atoms with Crippen molar-refractivity contribution in [3.05, 3.63) is 53.1 Å². The number of amides is 1. The summed E-state index contributed by atoms with van der Waals surface area (Å²) in [6.45, 7) is 5.60. The van der Waals surface area contributed by atoms with E-state index in [1.807, 2.05) is 36.1 Å². The topological polar surface area (TPSA) is 62.3 Å². The van der Waals surface area contributed by atoms with E-state index < -0.39 is 0 Å². The fraction of sp³-hybridized carbons (Fsp3) is 0.500. The number of piperazine rings is 1. The first-order valence-electron chi connectivity index (χ1n) is 12.9. The number of anilines is 2. The Morgan fingerprint density at radius 3 is 2.69 bits per heavy atom. The van der Waals surface area contributed by atoms with Gasteiger partial charge in [-0.15, -0.1) is 0 Å². The SMILES string of the molecule is CCOC(=O)C1CCCN(C(=O)C2Cc3ccccc3N3CCN(c4cc(Cl)ccc4OC)CC23)C1. The van der Waals surface area contributed by atoms with Crippen molar-refractivity contribution in [2.24, 2.45) is 11.8 Å². The van der Waals surface area contributed by atoms with Gasteiger partial charge in [0.05, 0.1) is 37.3 Å². The Morgan fingerprint density at radius 2 is 1.89 bits per heavy atom. The van der Waals surface area contributed by atoms with Crippen LogP contribution in [0.1, 0.15) is 25.3 Å². The average molecular weight is 512 g/mol. The minimum absolute atomic E-state index is 0.00723. The van der Waals surface area contributed by atoms with Gasteiger partial charge in [0, 0.05) is 43.4 Å². The molecule has 8 heteroatoms. The molecule has 1 amide bonds. The molecule has 0 bridgehead atoms. The highest BCUT2D eigenvalue weighted by molar-refractivity contribution is 6.31. The molecule has 0 radical (unpaired) electrons. The molecular weight excluding hydrogens is 478 g/mol. The van der Waals surface area contributed by atoms with Gasteiger partial charge >= 0.3 is 5.97 Å². The zero-order chi connectivity index (χ0) is 25.2. The zero-order valence-corrected chi connectivity index (χ0v) is 21.7. The van der Waals surface area contributed by atoms with Crippen molar-refractivity contribution < 1.29 is 19.1 Å². The Hall–Kier alpha value is -2.93. The van der Waals surface area contributed by atoms with Gasteiger partial charge in [-0.05, 0) is 56.0 Å². The first-order valence-corrected chi connectivity index (χ1v) is 13.3. The van der Waals surface area contributed by atoms with Gasteiger partial charge in [-0.2, -0.15) is 0 Å². The Balaban J connectivity index is 1.43. The van der Waals surface area contributed by atoms with Crippen molar-refractivity contribution in [3.8, 4) is 5.75 Å². The van der Waals surface area contributed by atoms with Crippen LogP contribution < -0.4 is 14.5 Å².